The molecule has 0 aromatic carbocycles. The topological polar surface area (TPSA) is 63.9 Å². The number of aryl methyl sites for hydroxylation is 1. The number of carbonyl (C=O) groups is 1. The van der Waals surface area contributed by atoms with Gasteiger partial charge in [0.25, 0.3) is 5.91 Å². The van der Waals surface area contributed by atoms with Crippen LogP contribution >= 0.6 is 11.3 Å². The number of nitrogens with zero attached hydrogens (tertiary/aromatic N) is 5. The molecule has 4 rings (SSSR count). The van der Waals surface area contributed by atoms with E-state index in [0.29, 0.717) is 12.2 Å². The van der Waals surface area contributed by atoms with Crippen LogP contribution in [0.5, 0.6) is 0 Å². The van der Waals surface area contributed by atoms with Gasteiger partial charge in [0.1, 0.15) is 11.5 Å². The highest BCUT2D eigenvalue weighted by Crippen LogP contribution is 2.27. The molecule has 0 spiro atoms. The van der Waals surface area contributed by atoms with Gasteiger partial charge in [0.15, 0.2) is 0 Å². The summed E-state index contributed by atoms with van der Waals surface area (Å²) >= 11 is 1.52. The second-order valence-corrected chi connectivity index (χ2v) is 7.67. The summed E-state index contributed by atoms with van der Waals surface area (Å²) in [5.41, 5.74) is 1.76. The molecule has 0 bridgehead atoms. The van der Waals surface area contributed by atoms with Crippen LogP contribution in [0.4, 0.5) is 0 Å². The van der Waals surface area contributed by atoms with E-state index in [-0.39, 0.29) is 11.8 Å². The molecule has 1 amide bonds. The first-order chi connectivity index (χ1) is 12.7. The number of likely N-dealkylation sites (tertiary alicyclic amines) is 1. The fraction of sp³-hybridized carbons (Fsp3) is 0.368. The highest BCUT2D eigenvalue weighted by molar-refractivity contribution is 7.09. The lowest BCUT2D eigenvalue weighted by molar-refractivity contribution is 0.0698. The predicted molar refractivity (Wildman–Crippen MR) is 100 cm³/mol. The number of imidazole rings is 1. The van der Waals surface area contributed by atoms with Crippen molar-refractivity contribution in [1.29, 1.82) is 0 Å². The maximum absolute atomic E-state index is 12.7. The molecule has 26 heavy (non-hydrogen) atoms. The van der Waals surface area contributed by atoms with Crippen molar-refractivity contribution in [2.24, 2.45) is 0 Å². The van der Waals surface area contributed by atoms with Gasteiger partial charge in [0.05, 0.1) is 5.01 Å². The van der Waals surface area contributed by atoms with Crippen LogP contribution in [0, 0.1) is 6.92 Å². The summed E-state index contributed by atoms with van der Waals surface area (Å²) in [6, 6.07) is 4.04. The van der Waals surface area contributed by atoms with Gasteiger partial charge in [0.2, 0.25) is 0 Å². The number of rotatable bonds is 4. The molecular formula is C19H21N5OS. The summed E-state index contributed by atoms with van der Waals surface area (Å²) in [6.45, 7) is 4.18. The number of hydrogen-bond donors (Lipinski definition) is 0. The first kappa shape index (κ1) is 16.9. The van der Waals surface area contributed by atoms with Crippen molar-refractivity contribution < 1.29 is 4.79 Å². The van der Waals surface area contributed by atoms with Crippen molar-refractivity contribution in [2.45, 2.75) is 32.2 Å². The maximum atomic E-state index is 12.7. The van der Waals surface area contributed by atoms with E-state index in [1.165, 1.54) is 16.9 Å². The smallest absolute Gasteiger partial charge is 0.273 e. The summed E-state index contributed by atoms with van der Waals surface area (Å²) in [4.78, 5) is 27.7. The van der Waals surface area contributed by atoms with Gasteiger partial charge >= 0.3 is 0 Å². The zero-order valence-electron chi connectivity index (χ0n) is 14.7. The van der Waals surface area contributed by atoms with E-state index in [9.17, 15) is 4.79 Å². The monoisotopic (exact) mass is 367 g/mol. The fourth-order valence-corrected chi connectivity index (χ4v) is 4.08. The molecule has 1 aliphatic heterocycles. The van der Waals surface area contributed by atoms with Crippen LogP contribution in [0.15, 0.2) is 42.3 Å². The van der Waals surface area contributed by atoms with Crippen LogP contribution in [0.1, 0.15) is 45.6 Å². The molecule has 1 fully saturated rings. The second kappa shape index (κ2) is 7.37. The van der Waals surface area contributed by atoms with Crippen molar-refractivity contribution in [3.05, 3.63) is 64.4 Å². The normalized spacial score (nSPS) is 17.4. The van der Waals surface area contributed by atoms with Gasteiger partial charge in [-0.25, -0.2) is 9.97 Å². The Bertz CT molecular complexity index is 888. The van der Waals surface area contributed by atoms with E-state index in [4.69, 9.17) is 0 Å². The average Bonchev–Trinajstić information content (AvgIpc) is 3.31. The molecule has 134 valence electrons. The Morgan fingerprint density at radius 1 is 1.31 bits per heavy atom. The van der Waals surface area contributed by atoms with Gasteiger partial charge in [-0.1, -0.05) is 0 Å². The Morgan fingerprint density at radius 3 is 2.92 bits per heavy atom. The van der Waals surface area contributed by atoms with Gasteiger partial charge in [-0.3, -0.25) is 9.78 Å². The molecule has 4 heterocycles. The first-order valence-electron chi connectivity index (χ1n) is 8.82. The Hall–Kier alpha value is -2.54. The molecule has 7 heteroatoms. The number of aromatic nitrogens is 4. The molecule has 0 aliphatic carbocycles. The van der Waals surface area contributed by atoms with Crippen LogP contribution in [0.3, 0.4) is 0 Å². The Morgan fingerprint density at radius 2 is 2.15 bits per heavy atom. The Kier molecular flexibility index (Phi) is 4.79. The quantitative estimate of drug-likeness (QED) is 0.711. The lowest BCUT2D eigenvalue weighted by Gasteiger charge is -2.32. The minimum Gasteiger partial charge on any atom is -0.337 e. The largest absolute Gasteiger partial charge is 0.337 e. The van der Waals surface area contributed by atoms with E-state index >= 15 is 0 Å². The molecule has 0 saturated carbocycles. The molecular weight excluding hydrogens is 346 g/mol. The van der Waals surface area contributed by atoms with Gasteiger partial charge in [-0.15, -0.1) is 11.3 Å². The third-order valence-corrected chi connectivity index (χ3v) is 5.54. The molecule has 3 aromatic rings. The van der Waals surface area contributed by atoms with Gasteiger partial charge in [-0.2, -0.15) is 0 Å². The van der Waals surface area contributed by atoms with E-state index in [2.05, 4.69) is 19.5 Å². The first-order valence-corrected chi connectivity index (χ1v) is 9.70. The highest BCUT2D eigenvalue weighted by atomic mass is 32.1. The molecule has 1 aliphatic rings. The molecule has 6 nitrogen and oxygen atoms in total. The SMILES string of the molecule is Cc1nc(C(=O)N2CCC[C@H](c3nccn3Cc3ccncc3)C2)cs1. The predicted octanol–water partition coefficient (Wildman–Crippen LogP) is 3.11. The lowest BCUT2D eigenvalue weighted by Crippen LogP contribution is -2.40. The standard InChI is InChI=1S/C19H21N5OS/c1-14-22-17(13-26-14)19(25)24-9-2-3-16(12-24)18-21-8-10-23(18)11-15-4-6-20-7-5-15/h4-8,10,13,16H,2-3,9,11-12H2,1H3/t16-/m0/s1. The van der Waals surface area contributed by atoms with E-state index in [0.717, 1.165) is 36.8 Å². The maximum Gasteiger partial charge on any atom is 0.273 e. The molecule has 0 N–H and O–H groups in total. The summed E-state index contributed by atoms with van der Waals surface area (Å²) in [7, 11) is 0. The summed E-state index contributed by atoms with van der Waals surface area (Å²) in [6.07, 6.45) is 9.52. The van der Waals surface area contributed by atoms with Crippen LogP contribution in [-0.2, 0) is 6.54 Å². The summed E-state index contributed by atoms with van der Waals surface area (Å²) < 4.78 is 2.18. The minimum atomic E-state index is 0.0336. The zero-order chi connectivity index (χ0) is 17.9. The zero-order valence-corrected chi connectivity index (χ0v) is 15.5. The number of hydrogen-bond acceptors (Lipinski definition) is 5. The third-order valence-electron chi connectivity index (χ3n) is 4.76. The highest BCUT2D eigenvalue weighted by Gasteiger charge is 2.28. The molecule has 0 unspecified atom stereocenters. The lowest BCUT2D eigenvalue weighted by atomic mass is 9.96. The van der Waals surface area contributed by atoms with Crippen LogP contribution in [0.25, 0.3) is 0 Å². The minimum absolute atomic E-state index is 0.0336. The van der Waals surface area contributed by atoms with Gasteiger partial charge in [0, 0.05) is 55.7 Å². The number of pyridine rings is 1. The van der Waals surface area contributed by atoms with Crippen molar-refractivity contribution in [3.63, 3.8) is 0 Å². The molecule has 3 aromatic heterocycles. The number of amides is 1. The number of carbonyl (C=O) groups excluding carboxylic acids is 1. The number of thiazole rings is 1. The summed E-state index contributed by atoms with van der Waals surface area (Å²) in [5.74, 6) is 1.34. The van der Waals surface area contributed by atoms with Crippen molar-refractivity contribution in [3.8, 4) is 0 Å². The second-order valence-electron chi connectivity index (χ2n) is 6.61. The molecule has 1 saturated heterocycles. The summed E-state index contributed by atoms with van der Waals surface area (Å²) in [5, 5.41) is 2.78. The average molecular weight is 367 g/mol. The Labute approximate surface area is 156 Å². The van der Waals surface area contributed by atoms with Crippen molar-refractivity contribution in [1.82, 2.24) is 24.4 Å². The number of piperidine rings is 1. The van der Waals surface area contributed by atoms with Crippen LogP contribution in [0.2, 0.25) is 0 Å². The molecule has 0 radical (unpaired) electrons. The van der Waals surface area contributed by atoms with E-state index < -0.39 is 0 Å². The van der Waals surface area contributed by atoms with Gasteiger partial charge in [-0.05, 0) is 37.5 Å². The van der Waals surface area contributed by atoms with Crippen LogP contribution < -0.4 is 0 Å². The van der Waals surface area contributed by atoms with E-state index in [1.807, 2.05) is 54.1 Å². The van der Waals surface area contributed by atoms with Gasteiger partial charge < -0.3 is 9.47 Å². The third kappa shape index (κ3) is 3.53. The molecule has 1 atom stereocenters. The van der Waals surface area contributed by atoms with E-state index in [1.54, 1.807) is 0 Å². The van der Waals surface area contributed by atoms with Crippen molar-refractivity contribution in [2.75, 3.05) is 13.1 Å². The van der Waals surface area contributed by atoms with Crippen molar-refractivity contribution >= 4 is 17.2 Å². The van der Waals surface area contributed by atoms with Crippen LogP contribution in [-0.4, -0.2) is 43.4 Å². The fourth-order valence-electron chi connectivity index (χ4n) is 3.50. The Balaban J connectivity index is 1.50.